The maximum Gasteiger partial charge on any atom is 0.164 e. The second kappa shape index (κ2) is 4.74. The Hall–Kier alpha value is -0.910. The van der Waals surface area contributed by atoms with Gasteiger partial charge < -0.3 is 19.8 Å². The Morgan fingerprint density at radius 1 is 1.53 bits per heavy atom. The molecule has 0 saturated carbocycles. The zero-order valence-corrected chi connectivity index (χ0v) is 8.96. The van der Waals surface area contributed by atoms with Crippen molar-refractivity contribution in [3.05, 3.63) is 12.7 Å². The summed E-state index contributed by atoms with van der Waals surface area (Å²) in [5.74, 6) is -0.779. The van der Waals surface area contributed by atoms with Gasteiger partial charge in [-0.15, -0.1) is 6.58 Å². The van der Waals surface area contributed by atoms with Crippen LogP contribution in [0.5, 0.6) is 0 Å². The molecule has 1 rings (SSSR count). The van der Waals surface area contributed by atoms with Gasteiger partial charge in [0.1, 0.15) is 12.2 Å². The minimum absolute atomic E-state index is 0.403. The van der Waals surface area contributed by atoms with Crippen molar-refractivity contribution in [3.8, 4) is 0 Å². The van der Waals surface area contributed by atoms with Gasteiger partial charge in [-0.25, -0.2) is 0 Å². The SMILES string of the molecule is C=CC[C@@H](O)[C@H]1OC(C)(C)O[C@H]1/C=N/O. The van der Waals surface area contributed by atoms with Crippen molar-refractivity contribution in [2.24, 2.45) is 5.16 Å². The largest absolute Gasteiger partial charge is 0.411 e. The van der Waals surface area contributed by atoms with E-state index in [2.05, 4.69) is 11.7 Å². The van der Waals surface area contributed by atoms with E-state index < -0.39 is 24.1 Å². The number of aliphatic hydroxyl groups is 1. The molecule has 0 aromatic rings. The molecule has 1 aliphatic heterocycles. The van der Waals surface area contributed by atoms with E-state index in [1.54, 1.807) is 19.9 Å². The van der Waals surface area contributed by atoms with E-state index >= 15 is 0 Å². The molecule has 0 bridgehead atoms. The predicted octanol–water partition coefficient (Wildman–Crippen LogP) is 0.903. The summed E-state index contributed by atoms with van der Waals surface area (Å²) in [4.78, 5) is 0. The molecule has 0 aliphatic carbocycles. The van der Waals surface area contributed by atoms with Gasteiger partial charge in [-0.3, -0.25) is 0 Å². The maximum atomic E-state index is 9.76. The summed E-state index contributed by atoms with van der Waals surface area (Å²) in [5.41, 5.74) is 0. The van der Waals surface area contributed by atoms with Crippen LogP contribution in [-0.2, 0) is 9.47 Å². The molecule has 0 amide bonds. The lowest BCUT2D eigenvalue weighted by Gasteiger charge is -2.19. The second-order valence-electron chi connectivity index (χ2n) is 3.92. The molecular weight excluding hydrogens is 198 g/mol. The first-order valence-corrected chi connectivity index (χ1v) is 4.82. The first-order chi connectivity index (χ1) is 7.00. The molecule has 5 heteroatoms. The molecule has 0 aromatic carbocycles. The van der Waals surface area contributed by atoms with Gasteiger partial charge in [-0.1, -0.05) is 11.2 Å². The Bertz CT molecular complexity index is 252. The van der Waals surface area contributed by atoms with Gasteiger partial charge in [-0.05, 0) is 20.3 Å². The third-order valence-electron chi connectivity index (χ3n) is 2.16. The lowest BCUT2D eigenvalue weighted by molar-refractivity contribution is -0.152. The topological polar surface area (TPSA) is 71.3 Å². The summed E-state index contributed by atoms with van der Waals surface area (Å²) >= 11 is 0. The van der Waals surface area contributed by atoms with Gasteiger partial charge in [0.2, 0.25) is 0 Å². The van der Waals surface area contributed by atoms with E-state index in [4.69, 9.17) is 14.7 Å². The number of hydrogen-bond donors (Lipinski definition) is 2. The minimum atomic E-state index is -0.779. The Morgan fingerprint density at radius 2 is 2.20 bits per heavy atom. The van der Waals surface area contributed by atoms with Crippen LogP contribution < -0.4 is 0 Å². The number of oxime groups is 1. The molecule has 0 aromatic heterocycles. The highest BCUT2D eigenvalue weighted by Gasteiger charge is 2.43. The normalized spacial score (nSPS) is 31.9. The van der Waals surface area contributed by atoms with Crippen LogP contribution in [0.4, 0.5) is 0 Å². The van der Waals surface area contributed by atoms with Gasteiger partial charge in [0, 0.05) is 0 Å². The summed E-state index contributed by atoms with van der Waals surface area (Å²) in [6.45, 7) is 7.02. The van der Waals surface area contributed by atoms with Gasteiger partial charge >= 0.3 is 0 Å². The monoisotopic (exact) mass is 215 g/mol. The van der Waals surface area contributed by atoms with Crippen molar-refractivity contribution < 1.29 is 19.8 Å². The van der Waals surface area contributed by atoms with Crippen molar-refractivity contribution in [2.45, 2.75) is 44.4 Å². The third-order valence-corrected chi connectivity index (χ3v) is 2.16. The predicted molar refractivity (Wildman–Crippen MR) is 54.9 cm³/mol. The Kier molecular flexibility index (Phi) is 3.84. The summed E-state index contributed by atoms with van der Waals surface area (Å²) in [7, 11) is 0. The van der Waals surface area contributed by atoms with Gasteiger partial charge in [0.15, 0.2) is 5.79 Å². The standard InChI is InChI=1S/C10H17NO4/c1-4-5-7(12)9-8(6-11-13)14-10(2,3)15-9/h4,6-9,12-13H,1,5H2,2-3H3/b11-6+/t7-,8+,9-/m1/s1. The fourth-order valence-electron chi connectivity index (χ4n) is 1.60. The molecule has 1 fully saturated rings. The average molecular weight is 215 g/mol. The first kappa shape index (κ1) is 12.2. The van der Waals surface area contributed by atoms with Crippen molar-refractivity contribution in [2.75, 3.05) is 0 Å². The number of ether oxygens (including phenoxy) is 2. The van der Waals surface area contributed by atoms with Crippen LogP contribution in [0.2, 0.25) is 0 Å². The number of hydrogen-bond acceptors (Lipinski definition) is 5. The van der Waals surface area contributed by atoms with Crippen molar-refractivity contribution in [1.29, 1.82) is 0 Å². The second-order valence-corrected chi connectivity index (χ2v) is 3.92. The first-order valence-electron chi connectivity index (χ1n) is 4.82. The number of rotatable bonds is 4. The third kappa shape index (κ3) is 3.02. The zero-order valence-electron chi connectivity index (χ0n) is 8.96. The van der Waals surface area contributed by atoms with Crippen LogP contribution in [-0.4, -0.2) is 40.6 Å². The minimum Gasteiger partial charge on any atom is -0.411 e. The van der Waals surface area contributed by atoms with Gasteiger partial charge in [0.05, 0.1) is 12.3 Å². The Morgan fingerprint density at radius 3 is 2.73 bits per heavy atom. The van der Waals surface area contributed by atoms with Crippen LogP contribution >= 0.6 is 0 Å². The molecule has 1 saturated heterocycles. The van der Waals surface area contributed by atoms with E-state index in [9.17, 15) is 5.11 Å². The summed E-state index contributed by atoms with van der Waals surface area (Å²) in [6.07, 6.45) is 1.43. The van der Waals surface area contributed by atoms with E-state index in [1.807, 2.05) is 0 Å². The number of nitrogens with zero attached hydrogens (tertiary/aromatic N) is 1. The molecule has 0 spiro atoms. The lowest BCUT2D eigenvalue weighted by Crippen LogP contribution is -2.35. The molecule has 86 valence electrons. The van der Waals surface area contributed by atoms with E-state index in [1.165, 1.54) is 6.21 Å². The van der Waals surface area contributed by atoms with Crippen LogP contribution in [0, 0.1) is 0 Å². The van der Waals surface area contributed by atoms with Gasteiger partial charge in [0.25, 0.3) is 0 Å². The van der Waals surface area contributed by atoms with Crippen molar-refractivity contribution >= 4 is 6.21 Å². The highest BCUT2D eigenvalue weighted by Crippen LogP contribution is 2.30. The molecule has 1 aliphatic rings. The highest BCUT2D eigenvalue weighted by molar-refractivity contribution is 5.63. The fraction of sp³-hybridized carbons (Fsp3) is 0.700. The van der Waals surface area contributed by atoms with E-state index in [-0.39, 0.29) is 0 Å². The molecule has 0 radical (unpaired) electrons. The van der Waals surface area contributed by atoms with E-state index in [0.29, 0.717) is 6.42 Å². The van der Waals surface area contributed by atoms with Crippen molar-refractivity contribution in [3.63, 3.8) is 0 Å². The molecule has 2 N–H and O–H groups in total. The molecular formula is C10H17NO4. The van der Waals surface area contributed by atoms with Crippen molar-refractivity contribution in [1.82, 2.24) is 0 Å². The van der Waals surface area contributed by atoms with Gasteiger partial charge in [-0.2, -0.15) is 0 Å². The Labute approximate surface area is 89.0 Å². The molecule has 1 heterocycles. The molecule has 5 nitrogen and oxygen atoms in total. The summed E-state index contributed by atoms with van der Waals surface area (Å²) in [5, 5.41) is 21.1. The highest BCUT2D eigenvalue weighted by atomic mass is 16.8. The average Bonchev–Trinajstić information content (AvgIpc) is 2.42. The quantitative estimate of drug-likeness (QED) is 0.316. The molecule has 15 heavy (non-hydrogen) atoms. The number of aliphatic hydroxyl groups excluding tert-OH is 1. The van der Waals surface area contributed by atoms with Crippen LogP contribution in [0.1, 0.15) is 20.3 Å². The fourth-order valence-corrected chi connectivity index (χ4v) is 1.60. The summed E-state index contributed by atoms with van der Waals surface area (Å²) in [6, 6.07) is 0. The molecule has 0 unspecified atom stereocenters. The smallest absolute Gasteiger partial charge is 0.164 e. The van der Waals surface area contributed by atoms with Crippen LogP contribution in [0.3, 0.4) is 0 Å². The van der Waals surface area contributed by atoms with E-state index in [0.717, 1.165) is 0 Å². The van der Waals surface area contributed by atoms with Crippen LogP contribution in [0.15, 0.2) is 17.8 Å². The summed E-state index contributed by atoms with van der Waals surface area (Å²) < 4.78 is 10.9. The molecule has 3 atom stereocenters. The zero-order chi connectivity index (χ0) is 11.5. The lowest BCUT2D eigenvalue weighted by atomic mass is 10.1. The van der Waals surface area contributed by atoms with Crippen LogP contribution in [0.25, 0.3) is 0 Å². The Balaban J connectivity index is 2.72. The maximum absolute atomic E-state index is 9.76.